The van der Waals surface area contributed by atoms with E-state index in [0.717, 1.165) is 25.2 Å². The third kappa shape index (κ3) is 3.30. The van der Waals surface area contributed by atoms with E-state index in [1.54, 1.807) is 12.4 Å². The summed E-state index contributed by atoms with van der Waals surface area (Å²) in [5, 5.41) is 3.22. The molecule has 0 unspecified atom stereocenters. The highest BCUT2D eigenvalue weighted by Gasteiger charge is 2.32. The topological polar surface area (TPSA) is 73.1 Å². The van der Waals surface area contributed by atoms with E-state index in [1.165, 1.54) is 6.42 Å². The van der Waals surface area contributed by atoms with E-state index in [1.807, 2.05) is 13.8 Å². The second kappa shape index (κ2) is 4.87. The summed E-state index contributed by atoms with van der Waals surface area (Å²) in [4.78, 5) is 8.41. The van der Waals surface area contributed by atoms with Crippen molar-refractivity contribution in [3.05, 3.63) is 12.4 Å². The molecular weight excluding hydrogens is 216 g/mol. The maximum Gasteiger partial charge on any atom is 0.234 e. The average Bonchev–Trinajstić information content (AvgIpc) is 2.23. The molecule has 1 aromatic rings. The van der Waals surface area contributed by atoms with Gasteiger partial charge in [0.25, 0.3) is 0 Å². The first-order chi connectivity index (χ1) is 8.07. The van der Waals surface area contributed by atoms with Crippen molar-refractivity contribution >= 4 is 5.82 Å². The molecule has 0 atom stereocenters. The summed E-state index contributed by atoms with van der Waals surface area (Å²) in [6.07, 6.45) is 6.79. The van der Waals surface area contributed by atoms with Crippen molar-refractivity contribution in [2.24, 2.45) is 5.73 Å². The summed E-state index contributed by atoms with van der Waals surface area (Å²) < 4.78 is 5.48. The summed E-state index contributed by atoms with van der Waals surface area (Å²) >= 11 is 0. The van der Waals surface area contributed by atoms with Gasteiger partial charge < -0.3 is 15.8 Å². The van der Waals surface area contributed by atoms with E-state index in [2.05, 4.69) is 15.3 Å². The monoisotopic (exact) mass is 236 g/mol. The highest BCUT2D eigenvalue weighted by Crippen LogP contribution is 2.29. The highest BCUT2D eigenvalue weighted by atomic mass is 16.5. The van der Waals surface area contributed by atoms with E-state index < -0.39 is 0 Å². The molecule has 0 spiro atoms. The SMILES string of the molecule is CC(C)Oc1cncc(NCC2(N)CCC2)n1. The predicted molar refractivity (Wildman–Crippen MR) is 67.1 cm³/mol. The zero-order valence-corrected chi connectivity index (χ0v) is 10.4. The molecule has 1 fully saturated rings. The van der Waals surface area contributed by atoms with Crippen molar-refractivity contribution in [2.45, 2.75) is 44.8 Å². The van der Waals surface area contributed by atoms with Gasteiger partial charge in [0.2, 0.25) is 5.88 Å². The van der Waals surface area contributed by atoms with Crippen molar-refractivity contribution < 1.29 is 4.74 Å². The summed E-state index contributed by atoms with van der Waals surface area (Å²) in [5.74, 6) is 1.27. The number of nitrogens with one attached hydrogen (secondary N) is 1. The molecule has 3 N–H and O–H groups in total. The fourth-order valence-corrected chi connectivity index (χ4v) is 1.81. The van der Waals surface area contributed by atoms with Crippen molar-refractivity contribution in [1.29, 1.82) is 0 Å². The molecule has 1 aliphatic carbocycles. The fraction of sp³-hybridized carbons (Fsp3) is 0.667. The van der Waals surface area contributed by atoms with Gasteiger partial charge in [0.15, 0.2) is 0 Å². The maximum absolute atomic E-state index is 6.13. The predicted octanol–water partition coefficient (Wildman–Crippen LogP) is 1.56. The number of ether oxygens (including phenoxy) is 1. The van der Waals surface area contributed by atoms with Crippen LogP contribution in [0, 0.1) is 0 Å². The largest absolute Gasteiger partial charge is 0.474 e. The zero-order valence-electron chi connectivity index (χ0n) is 10.4. The molecule has 5 nitrogen and oxygen atoms in total. The first kappa shape index (κ1) is 12.1. The van der Waals surface area contributed by atoms with Crippen LogP contribution < -0.4 is 15.8 Å². The van der Waals surface area contributed by atoms with Crippen LogP contribution in [0.4, 0.5) is 5.82 Å². The van der Waals surface area contributed by atoms with Gasteiger partial charge in [-0.1, -0.05) is 0 Å². The minimum absolute atomic E-state index is 0.0589. The van der Waals surface area contributed by atoms with Crippen molar-refractivity contribution in [3.63, 3.8) is 0 Å². The number of hydrogen-bond donors (Lipinski definition) is 2. The van der Waals surface area contributed by atoms with Gasteiger partial charge in [0.05, 0.1) is 18.5 Å². The van der Waals surface area contributed by atoms with Crippen LogP contribution in [0.15, 0.2) is 12.4 Å². The molecule has 94 valence electrons. The Morgan fingerprint density at radius 3 is 2.82 bits per heavy atom. The van der Waals surface area contributed by atoms with Crippen LogP contribution in [0.2, 0.25) is 0 Å². The van der Waals surface area contributed by atoms with E-state index in [-0.39, 0.29) is 11.6 Å². The van der Waals surface area contributed by atoms with Gasteiger partial charge in [-0.25, -0.2) is 0 Å². The lowest BCUT2D eigenvalue weighted by atomic mass is 9.78. The highest BCUT2D eigenvalue weighted by molar-refractivity contribution is 5.34. The Bertz CT molecular complexity index is 377. The van der Waals surface area contributed by atoms with Gasteiger partial charge in [0.1, 0.15) is 5.82 Å². The maximum atomic E-state index is 6.13. The summed E-state index contributed by atoms with van der Waals surface area (Å²) in [6.45, 7) is 4.67. The number of nitrogens with two attached hydrogens (primary N) is 1. The van der Waals surface area contributed by atoms with Crippen LogP contribution in [0.1, 0.15) is 33.1 Å². The first-order valence-electron chi connectivity index (χ1n) is 6.09. The van der Waals surface area contributed by atoms with Crippen LogP contribution in [-0.4, -0.2) is 28.2 Å². The molecule has 0 radical (unpaired) electrons. The number of aromatic nitrogens is 2. The molecule has 2 rings (SSSR count). The molecule has 0 amide bonds. The van der Waals surface area contributed by atoms with Gasteiger partial charge in [-0.2, -0.15) is 4.98 Å². The van der Waals surface area contributed by atoms with Gasteiger partial charge in [-0.05, 0) is 33.1 Å². The third-order valence-electron chi connectivity index (χ3n) is 2.94. The molecule has 5 heteroatoms. The van der Waals surface area contributed by atoms with Crippen LogP contribution in [-0.2, 0) is 0 Å². The van der Waals surface area contributed by atoms with Crippen molar-refractivity contribution in [2.75, 3.05) is 11.9 Å². The molecule has 1 aliphatic rings. The second-order valence-corrected chi connectivity index (χ2v) is 4.98. The smallest absolute Gasteiger partial charge is 0.234 e. The zero-order chi connectivity index (χ0) is 12.3. The van der Waals surface area contributed by atoms with Crippen molar-refractivity contribution in [3.8, 4) is 5.88 Å². The third-order valence-corrected chi connectivity index (χ3v) is 2.94. The molecule has 0 aromatic carbocycles. The average molecular weight is 236 g/mol. The minimum Gasteiger partial charge on any atom is -0.474 e. The second-order valence-electron chi connectivity index (χ2n) is 4.98. The molecule has 17 heavy (non-hydrogen) atoms. The fourth-order valence-electron chi connectivity index (χ4n) is 1.81. The van der Waals surface area contributed by atoms with E-state index in [0.29, 0.717) is 5.88 Å². The lowest BCUT2D eigenvalue weighted by Gasteiger charge is -2.38. The Balaban J connectivity index is 1.91. The van der Waals surface area contributed by atoms with Crippen LogP contribution >= 0.6 is 0 Å². The molecule has 0 aliphatic heterocycles. The van der Waals surface area contributed by atoms with Crippen LogP contribution in [0.3, 0.4) is 0 Å². The Labute approximate surface area is 102 Å². The van der Waals surface area contributed by atoms with Gasteiger partial charge >= 0.3 is 0 Å². The standard InChI is InChI=1S/C12H20N4O/c1-9(2)17-11-7-14-6-10(16-11)15-8-12(13)4-3-5-12/h6-7,9H,3-5,8,13H2,1-2H3,(H,15,16). The summed E-state index contributed by atoms with van der Waals surface area (Å²) in [5.41, 5.74) is 6.07. The quantitative estimate of drug-likeness (QED) is 0.811. The van der Waals surface area contributed by atoms with Crippen LogP contribution in [0.25, 0.3) is 0 Å². The normalized spacial score (nSPS) is 17.6. The van der Waals surface area contributed by atoms with Gasteiger partial charge in [0, 0.05) is 12.1 Å². The van der Waals surface area contributed by atoms with Crippen molar-refractivity contribution in [1.82, 2.24) is 9.97 Å². The van der Waals surface area contributed by atoms with Crippen LogP contribution in [0.5, 0.6) is 5.88 Å². The number of nitrogens with zero attached hydrogens (tertiary/aromatic N) is 2. The molecule has 1 heterocycles. The number of hydrogen-bond acceptors (Lipinski definition) is 5. The Hall–Kier alpha value is -1.36. The molecule has 0 bridgehead atoms. The Morgan fingerprint density at radius 2 is 2.24 bits per heavy atom. The molecule has 0 saturated heterocycles. The van der Waals surface area contributed by atoms with E-state index in [4.69, 9.17) is 10.5 Å². The van der Waals surface area contributed by atoms with Gasteiger partial charge in [-0.15, -0.1) is 0 Å². The lowest BCUT2D eigenvalue weighted by Crippen LogP contribution is -2.52. The number of anilines is 1. The first-order valence-corrected chi connectivity index (χ1v) is 6.09. The summed E-state index contributed by atoms with van der Waals surface area (Å²) in [6, 6.07) is 0. The Kier molecular flexibility index (Phi) is 3.47. The molecule has 1 saturated carbocycles. The van der Waals surface area contributed by atoms with E-state index >= 15 is 0 Å². The van der Waals surface area contributed by atoms with Gasteiger partial charge in [-0.3, -0.25) is 4.98 Å². The molecule has 1 aromatic heterocycles. The minimum atomic E-state index is -0.0589. The Morgan fingerprint density at radius 1 is 1.47 bits per heavy atom. The van der Waals surface area contributed by atoms with E-state index in [9.17, 15) is 0 Å². The molecular formula is C12H20N4O. The number of rotatable bonds is 5. The lowest BCUT2D eigenvalue weighted by molar-refractivity contribution is 0.231. The summed E-state index contributed by atoms with van der Waals surface area (Å²) in [7, 11) is 0.